The summed E-state index contributed by atoms with van der Waals surface area (Å²) >= 11 is 6.00. The third-order valence-electron chi connectivity index (χ3n) is 3.18. The number of methoxy groups -OCH3 is 1. The van der Waals surface area contributed by atoms with Crippen LogP contribution in [-0.4, -0.2) is 27.2 Å². The van der Waals surface area contributed by atoms with Crippen LogP contribution in [0, 0.1) is 6.92 Å². The summed E-state index contributed by atoms with van der Waals surface area (Å²) in [6.07, 6.45) is 0. The van der Waals surface area contributed by atoms with Gasteiger partial charge in [-0.1, -0.05) is 29.8 Å². The molecule has 0 saturated carbocycles. The monoisotopic (exact) mass is 353 g/mol. The van der Waals surface area contributed by atoms with Crippen LogP contribution in [0.3, 0.4) is 0 Å². The van der Waals surface area contributed by atoms with Crippen molar-refractivity contribution in [2.75, 3.05) is 18.2 Å². The average Bonchev–Trinajstić information content (AvgIpc) is 2.51. The number of ether oxygens (including phenoxy) is 1. The maximum absolute atomic E-state index is 12.2. The summed E-state index contributed by atoms with van der Waals surface area (Å²) in [6.45, 7) is 1.78. The molecule has 0 heterocycles. The Morgan fingerprint density at radius 3 is 2.48 bits per heavy atom. The largest absolute Gasteiger partial charge is 0.495 e. The highest BCUT2D eigenvalue weighted by Crippen LogP contribution is 2.31. The molecule has 0 bridgehead atoms. The van der Waals surface area contributed by atoms with Crippen molar-refractivity contribution in [3.63, 3.8) is 0 Å². The molecule has 23 heavy (non-hydrogen) atoms. The number of sulfone groups is 1. The molecule has 0 aliphatic heterocycles. The van der Waals surface area contributed by atoms with Gasteiger partial charge in [0.15, 0.2) is 9.84 Å². The number of hydrogen-bond acceptors (Lipinski definition) is 4. The van der Waals surface area contributed by atoms with Gasteiger partial charge in [0.25, 0.3) is 0 Å². The highest BCUT2D eigenvalue weighted by molar-refractivity contribution is 7.92. The number of benzene rings is 2. The summed E-state index contributed by atoms with van der Waals surface area (Å²) in [5.41, 5.74) is 1.12. The molecule has 0 radical (unpaired) electrons. The lowest BCUT2D eigenvalue weighted by atomic mass is 10.2. The van der Waals surface area contributed by atoms with Gasteiger partial charge in [0.2, 0.25) is 5.91 Å². The van der Waals surface area contributed by atoms with E-state index in [0.29, 0.717) is 16.5 Å². The standard InChI is InChI=1S/C16H16ClNO4S/c1-11-8-14(15(22-2)9-13(11)17)18-16(19)10-23(20,21)12-6-4-3-5-7-12/h3-9H,10H2,1-2H3,(H,18,19). The van der Waals surface area contributed by atoms with Crippen molar-refractivity contribution in [3.05, 3.63) is 53.1 Å². The van der Waals surface area contributed by atoms with E-state index in [9.17, 15) is 13.2 Å². The lowest BCUT2D eigenvalue weighted by Crippen LogP contribution is -2.23. The highest BCUT2D eigenvalue weighted by atomic mass is 35.5. The zero-order valence-corrected chi connectivity index (χ0v) is 14.2. The first-order valence-electron chi connectivity index (χ1n) is 6.75. The van der Waals surface area contributed by atoms with Crippen LogP contribution in [0.25, 0.3) is 0 Å². The molecule has 1 N–H and O–H groups in total. The van der Waals surface area contributed by atoms with E-state index in [1.807, 2.05) is 0 Å². The molecule has 2 aromatic carbocycles. The van der Waals surface area contributed by atoms with Gasteiger partial charge in [-0.15, -0.1) is 0 Å². The number of nitrogens with one attached hydrogen (secondary N) is 1. The van der Waals surface area contributed by atoms with Gasteiger partial charge in [0.05, 0.1) is 17.7 Å². The Labute approximate surface area is 140 Å². The van der Waals surface area contributed by atoms with Gasteiger partial charge < -0.3 is 10.1 Å². The van der Waals surface area contributed by atoms with Crippen LogP contribution in [0.15, 0.2) is 47.4 Å². The average molecular weight is 354 g/mol. The topological polar surface area (TPSA) is 72.5 Å². The second-order valence-corrected chi connectivity index (χ2v) is 7.32. The Hall–Kier alpha value is -2.05. The molecule has 0 aromatic heterocycles. The number of carbonyl (C=O) groups excluding carboxylic acids is 1. The molecule has 7 heteroatoms. The normalized spacial score (nSPS) is 11.1. The highest BCUT2D eigenvalue weighted by Gasteiger charge is 2.20. The van der Waals surface area contributed by atoms with Crippen molar-refractivity contribution in [2.45, 2.75) is 11.8 Å². The Balaban J connectivity index is 2.19. The first-order chi connectivity index (χ1) is 10.8. The molecule has 0 atom stereocenters. The molecule has 5 nitrogen and oxygen atoms in total. The third-order valence-corrected chi connectivity index (χ3v) is 5.22. The molecular formula is C16H16ClNO4S. The van der Waals surface area contributed by atoms with Crippen molar-refractivity contribution in [1.82, 2.24) is 0 Å². The molecule has 0 saturated heterocycles. The fourth-order valence-corrected chi connectivity index (χ4v) is 3.31. The predicted molar refractivity (Wildman–Crippen MR) is 89.9 cm³/mol. The van der Waals surface area contributed by atoms with Crippen LogP contribution in [0.5, 0.6) is 5.75 Å². The molecule has 2 rings (SSSR count). The molecule has 0 aliphatic carbocycles. The predicted octanol–water partition coefficient (Wildman–Crippen LogP) is 3.07. The van der Waals surface area contributed by atoms with Crippen molar-refractivity contribution in [3.8, 4) is 5.75 Å². The molecular weight excluding hydrogens is 338 g/mol. The molecule has 1 amide bonds. The summed E-state index contributed by atoms with van der Waals surface area (Å²) in [4.78, 5) is 12.2. The number of rotatable bonds is 5. The first kappa shape index (κ1) is 17.3. The van der Waals surface area contributed by atoms with Crippen LogP contribution in [-0.2, 0) is 14.6 Å². The number of halogens is 1. The van der Waals surface area contributed by atoms with Crippen LogP contribution < -0.4 is 10.1 Å². The van der Waals surface area contributed by atoms with Crippen LogP contribution in [0.4, 0.5) is 5.69 Å². The molecule has 122 valence electrons. The van der Waals surface area contributed by atoms with Crippen LogP contribution in [0.1, 0.15) is 5.56 Å². The van der Waals surface area contributed by atoms with Gasteiger partial charge in [-0.3, -0.25) is 4.79 Å². The summed E-state index contributed by atoms with van der Waals surface area (Å²) in [5.74, 6) is -0.929. The van der Waals surface area contributed by atoms with E-state index in [4.69, 9.17) is 16.3 Å². The Morgan fingerprint density at radius 1 is 1.22 bits per heavy atom. The Morgan fingerprint density at radius 2 is 1.87 bits per heavy atom. The van der Waals surface area contributed by atoms with Gasteiger partial charge in [0.1, 0.15) is 11.5 Å². The van der Waals surface area contributed by atoms with Gasteiger partial charge >= 0.3 is 0 Å². The summed E-state index contributed by atoms with van der Waals surface area (Å²) in [5, 5.41) is 3.05. The second kappa shape index (κ2) is 7.02. The first-order valence-corrected chi connectivity index (χ1v) is 8.78. The summed E-state index contributed by atoms with van der Waals surface area (Å²) in [7, 11) is -2.25. The lowest BCUT2D eigenvalue weighted by Gasteiger charge is -2.12. The van der Waals surface area contributed by atoms with Gasteiger partial charge in [-0.25, -0.2) is 8.42 Å². The lowest BCUT2D eigenvalue weighted by molar-refractivity contribution is -0.113. The minimum atomic E-state index is -3.70. The van der Waals surface area contributed by atoms with Crippen molar-refractivity contribution < 1.29 is 17.9 Å². The van der Waals surface area contributed by atoms with E-state index in [1.54, 1.807) is 37.3 Å². The zero-order chi connectivity index (χ0) is 17.0. The number of amides is 1. The number of aryl methyl sites for hydroxylation is 1. The van der Waals surface area contributed by atoms with E-state index in [0.717, 1.165) is 5.56 Å². The number of carbonyl (C=O) groups is 1. The van der Waals surface area contributed by atoms with E-state index < -0.39 is 21.5 Å². The molecule has 0 unspecified atom stereocenters. The minimum Gasteiger partial charge on any atom is -0.495 e. The fourth-order valence-electron chi connectivity index (χ4n) is 2.00. The molecule has 2 aromatic rings. The quantitative estimate of drug-likeness (QED) is 0.896. The fraction of sp³-hybridized carbons (Fsp3) is 0.188. The Kier molecular flexibility index (Phi) is 5.28. The maximum Gasteiger partial charge on any atom is 0.240 e. The Bertz CT molecular complexity index is 819. The van der Waals surface area contributed by atoms with Gasteiger partial charge in [0, 0.05) is 11.1 Å². The SMILES string of the molecule is COc1cc(Cl)c(C)cc1NC(=O)CS(=O)(=O)c1ccccc1. The van der Waals surface area contributed by atoms with Crippen molar-refractivity contribution in [1.29, 1.82) is 0 Å². The molecule has 0 spiro atoms. The van der Waals surface area contributed by atoms with Crippen LogP contribution >= 0.6 is 11.6 Å². The molecule has 0 aliphatic rings. The second-order valence-electron chi connectivity index (χ2n) is 4.92. The van der Waals surface area contributed by atoms with Crippen molar-refractivity contribution in [2.24, 2.45) is 0 Å². The van der Waals surface area contributed by atoms with Crippen molar-refractivity contribution >= 4 is 33.0 Å². The third kappa shape index (κ3) is 4.24. The summed E-state index contributed by atoms with van der Waals surface area (Å²) in [6, 6.07) is 11.0. The van der Waals surface area contributed by atoms with E-state index in [1.165, 1.54) is 19.2 Å². The number of hydrogen-bond donors (Lipinski definition) is 1. The maximum atomic E-state index is 12.2. The van der Waals surface area contributed by atoms with E-state index in [2.05, 4.69) is 5.32 Å². The summed E-state index contributed by atoms with van der Waals surface area (Å²) < 4.78 is 29.5. The molecule has 0 fully saturated rings. The minimum absolute atomic E-state index is 0.106. The van der Waals surface area contributed by atoms with E-state index in [-0.39, 0.29) is 4.90 Å². The number of anilines is 1. The smallest absolute Gasteiger partial charge is 0.240 e. The van der Waals surface area contributed by atoms with Crippen LogP contribution in [0.2, 0.25) is 5.02 Å². The van der Waals surface area contributed by atoms with Gasteiger partial charge in [-0.2, -0.15) is 0 Å². The van der Waals surface area contributed by atoms with Gasteiger partial charge in [-0.05, 0) is 30.7 Å². The zero-order valence-electron chi connectivity index (χ0n) is 12.7. The van der Waals surface area contributed by atoms with E-state index >= 15 is 0 Å².